The summed E-state index contributed by atoms with van der Waals surface area (Å²) in [4.78, 5) is 0. The van der Waals surface area contributed by atoms with Crippen molar-refractivity contribution in [1.29, 1.82) is 0 Å². The molecule has 6 unspecified atom stereocenters. The van der Waals surface area contributed by atoms with Crippen molar-refractivity contribution in [3.05, 3.63) is 0 Å². The van der Waals surface area contributed by atoms with E-state index in [-0.39, 0.29) is 10.9 Å². The van der Waals surface area contributed by atoms with Crippen LogP contribution in [0.4, 0.5) is 0 Å². The maximum absolute atomic E-state index is 7.07. The SMILES string of the molecule is C=[PH](CC)C[PH](=C)C(C)(C)OC12C(C)C(C)(C)C(C)C1C2(C)C. The van der Waals surface area contributed by atoms with Crippen LogP contribution in [0.25, 0.3) is 0 Å². The van der Waals surface area contributed by atoms with Crippen molar-refractivity contribution in [2.75, 3.05) is 12.1 Å². The summed E-state index contributed by atoms with van der Waals surface area (Å²) in [6.45, 7) is 21.5. The van der Waals surface area contributed by atoms with Crippen LogP contribution in [-0.2, 0) is 4.74 Å². The third-order valence-electron chi connectivity index (χ3n) is 7.84. The number of ether oxygens (including phenoxy) is 1. The molecule has 0 amide bonds. The first-order valence-electron chi connectivity index (χ1n) is 9.31. The maximum atomic E-state index is 7.07. The van der Waals surface area contributed by atoms with Gasteiger partial charge in [-0.3, -0.25) is 0 Å². The number of hydrogen-bond donors (Lipinski definition) is 0. The Morgan fingerprint density at radius 3 is 2.04 bits per heavy atom. The van der Waals surface area contributed by atoms with Crippen LogP contribution in [0.2, 0.25) is 0 Å². The average Bonchev–Trinajstić information content (AvgIpc) is 2.85. The smallest absolute Gasteiger partial charge is 0.0816 e. The van der Waals surface area contributed by atoms with Crippen LogP contribution >= 0.6 is 15.1 Å². The molecule has 2 aliphatic carbocycles. The Morgan fingerprint density at radius 1 is 1.09 bits per heavy atom. The van der Waals surface area contributed by atoms with Crippen molar-refractivity contribution in [1.82, 2.24) is 0 Å². The molecule has 0 aliphatic heterocycles. The van der Waals surface area contributed by atoms with Gasteiger partial charge in [-0.05, 0) is 49.1 Å². The van der Waals surface area contributed by atoms with Crippen molar-refractivity contribution in [3.63, 3.8) is 0 Å². The monoisotopic (exact) mass is 358 g/mol. The molecule has 3 heteroatoms. The molecule has 2 rings (SSSR count). The predicted molar refractivity (Wildman–Crippen MR) is 114 cm³/mol. The van der Waals surface area contributed by atoms with Gasteiger partial charge in [-0.2, -0.15) is 0 Å². The summed E-state index contributed by atoms with van der Waals surface area (Å²) in [5.74, 6) is 3.24. The van der Waals surface area contributed by atoms with E-state index in [0.717, 1.165) is 0 Å². The van der Waals surface area contributed by atoms with Crippen LogP contribution in [0.1, 0.15) is 62.3 Å². The Hall–Kier alpha value is 0.560. The molecule has 0 aromatic rings. The molecule has 2 saturated carbocycles. The van der Waals surface area contributed by atoms with E-state index >= 15 is 0 Å². The summed E-state index contributed by atoms with van der Waals surface area (Å²) >= 11 is 0. The zero-order valence-corrected chi connectivity index (χ0v) is 19.0. The molecule has 136 valence electrons. The first kappa shape index (κ1) is 19.9. The van der Waals surface area contributed by atoms with Crippen molar-refractivity contribution in [2.24, 2.45) is 28.6 Å². The molecule has 0 aromatic heterocycles. The number of hydrogen-bond acceptors (Lipinski definition) is 1. The van der Waals surface area contributed by atoms with Gasteiger partial charge in [-0.1, -0.05) is 56.0 Å². The van der Waals surface area contributed by atoms with Crippen molar-refractivity contribution < 1.29 is 4.74 Å². The van der Waals surface area contributed by atoms with Gasteiger partial charge in [-0.25, -0.2) is 0 Å². The highest BCUT2D eigenvalue weighted by Crippen LogP contribution is 2.81. The Kier molecular flexibility index (Phi) is 5.00. The fourth-order valence-electron chi connectivity index (χ4n) is 5.41. The van der Waals surface area contributed by atoms with E-state index in [1.165, 1.54) is 12.1 Å². The molecule has 0 saturated heterocycles. The van der Waals surface area contributed by atoms with E-state index in [4.69, 9.17) is 4.74 Å². The second-order valence-electron chi connectivity index (χ2n) is 9.82. The van der Waals surface area contributed by atoms with Crippen molar-refractivity contribution >= 4 is 27.7 Å². The van der Waals surface area contributed by atoms with Gasteiger partial charge in [0.1, 0.15) is 0 Å². The standard InChI is InChI=1S/C20H40OP2/c1-12-22(10)13-23(11)19(8,9)21-20-15(3)17(4,5)14(2)16(20)18(20,6)7/h14-16,22-23H,10-13H2,1-9H3. The average molecular weight is 358 g/mol. The highest BCUT2D eigenvalue weighted by atomic mass is 31.2. The van der Waals surface area contributed by atoms with Crippen LogP contribution in [0.3, 0.4) is 0 Å². The summed E-state index contributed by atoms with van der Waals surface area (Å²) in [5, 5.41) is -0.0755. The lowest BCUT2D eigenvalue weighted by Gasteiger charge is -2.43. The maximum Gasteiger partial charge on any atom is 0.0816 e. The summed E-state index contributed by atoms with van der Waals surface area (Å²) in [6.07, 6.45) is 10.2. The highest BCUT2D eigenvalue weighted by Gasteiger charge is 2.83. The summed E-state index contributed by atoms with van der Waals surface area (Å²) in [7, 11) is -1.26. The van der Waals surface area contributed by atoms with E-state index in [2.05, 4.69) is 74.9 Å². The summed E-state index contributed by atoms with van der Waals surface area (Å²) in [6, 6.07) is 0. The zero-order chi connectivity index (χ0) is 18.0. The van der Waals surface area contributed by atoms with Gasteiger partial charge in [0.05, 0.1) is 10.9 Å². The molecule has 23 heavy (non-hydrogen) atoms. The minimum absolute atomic E-state index is 0.0489. The molecule has 0 spiro atoms. The Bertz CT molecular complexity index is 528. The largest absolute Gasteiger partial charge is 0.364 e. The summed E-state index contributed by atoms with van der Waals surface area (Å²) < 4.78 is 7.07. The van der Waals surface area contributed by atoms with Crippen LogP contribution in [-0.4, -0.2) is 35.6 Å². The van der Waals surface area contributed by atoms with Gasteiger partial charge < -0.3 is 4.74 Å². The molecule has 0 aromatic carbocycles. The molecule has 1 nitrogen and oxygen atoms in total. The molecule has 2 fully saturated rings. The molecule has 0 radical (unpaired) electrons. The molecular weight excluding hydrogens is 318 g/mol. The fraction of sp³-hybridized carbons (Fsp3) is 0.900. The Morgan fingerprint density at radius 2 is 1.61 bits per heavy atom. The lowest BCUT2D eigenvalue weighted by atomic mass is 9.68. The van der Waals surface area contributed by atoms with E-state index in [9.17, 15) is 0 Å². The third kappa shape index (κ3) is 2.69. The van der Waals surface area contributed by atoms with Crippen LogP contribution < -0.4 is 0 Å². The molecule has 0 N–H and O–H groups in total. The Labute approximate surface area is 146 Å². The number of rotatable bonds is 6. The second-order valence-corrected chi connectivity index (χ2v) is 15.9. The van der Waals surface area contributed by atoms with Gasteiger partial charge in [0.25, 0.3) is 0 Å². The number of fused-ring (bicyclic) bond motifs is 1. The molecular formula is C20H40OP2. The van der Waals surface area contributed by atoms with E-state index in [1.807, 2.05) is 0 Å². The van der Waals surface area contributed by atoms with Crippen LogP contribution in [0, 0.1) is 28.6 Å². The molecule has 6 atom stereocenters. The van der Waals surface area contributed by atoms with Gasteiger partial charge in [0.15, 0.2) is 0 Å². The molecule has 0 heterocycles. The lowest BCUT2D eigenvalue weighted by Crippen LogP contribution is -2.41. The first-order chi connectivity index (χ1) is 10.3. The predicted octanol–water partition coefficient (Wildman–Crippen LogP) is 5.72. The van der Waals surface area contributed by atoms with E-state index in [0.29, 0.717) is 28.6 Å². The van der Waals surface area contributed by atoms with Gasteiger partial charge in [0.2, 0.25) is 0 Å². The second kappa shape index (κ2) is 5.79. The van der Waals surface area contributed by atoms with Gasteiger partial charge in [0, 0.05) is 5.41 Å². The fourth-order valence-corrected chi connectivity index (χ4v) is 10.8. The molecule has 0 bridgehead atoms. The lowest BCUT2D eigenvalue weighted by molar-refractivity contribution is -0.0981. The van der Waals surface area contributed by atoms with E-state index in [1.54, 1.807) is 0 Å². The third-order valence-corrected chi connectivity index (χ3v) is 14.3. The molecule has 2 aliphatic rings. The quantitative estimate of drug-likeness (QED) is 0.552. The highest BCUT2D eigenvalue weighted by molar-refractivity contribution is 7.73. The van der Waals surface area contributed by atoms with E-state index < -0.39 is 15.1 Å². The summed E-state index contributed by atoms with van der Waals surface area (Å²) in [5.41, 5.74) is 0.701. The van der Waals surface area contributed by atoms with Crippen LogP contribution in [0.15, 0.2) is 0 Å². The Balaban J connectivity index is 2.28. The minimum atomic E-state index is -0.792. The topological polar surface area (TPSA) is 9.23 Å². The van der Waals surface area contributed by atoms with Gasteiger partial charge >= 0.3 is 0 Å². The zero-order valence-electron chi connectivity index (χ0n) is 17.0. The van der Waals surface area contributed by atoms with Gasteiger partial charge in [-0.15, -0.1) is 20.1 Å². The van der Waals surface area contributed by atoms with Crippen molar-refractivity contribution in [3.8, 4) is 0 Å². The van der Waals surface area contributed by atoms with Crippen LogP contribution in [0.5, 0.6) is 0 Å². The van der Waals surface area contributed by atoms with Crippen molar-refractivity contribution in [2.45, 2.75) is 73.3 Å². The normalized spacial score (nSPS) is 40.5. The minimum Gasteiger partial charge on any atom is -0.364 e. The first-order valence-corrected chi connectivity index (χ1v) is 13.4.